The summed E-state index contributed by atoms with van der Waals surface area (Å²) in [5.74, 6) is 7.05. The average Bonchev–Trinajstić information content (AvgIpc) is 2.54. The highest BCUT2D eigenvalue weighted by molar-refractivity contribution is 5.45. The van der Waals surface area contributed by atoms with Crippen molar-refractivity contribution in [2.75, 3.05) is 6.79 Å². The third kappa shape index (κ3) is 5.33. The van der Waals surface area contributed by atoms with Crippen LogP contribution in [0.3, 0.4) is 0 Å². The number of rotatable bonds is 6. The zero-order valence-corrected chi connectivity index (χ0v) is 12.3. The molecule has 2 aromatic rings. The summed E-state index contributed by atoms with van der Waals surface area (Å²) in [6.07, 6.45) is 1.97. The normalized spacial score (nSPS) is 9.76. The second kappa shape index (κ2) is 8.84. The molecule has 0 aliphatic rings. The Morgan fingerprint density at radius 2 is 1.71 bits per heavy atom. The molecule has 0 aliphatic heterocycles. The van der Waals surface area contributed by atoms with Crippen LogP contribution < -0.4 is 4.74 Å². The monoisotopic (exact) mass is 280 g/mol. The molecule has 2 aromatic carbocycles. The number of hydrogen-bond acceptors (Lipinski definition) is 2. The molecule has 108 valence electrons. The van der Waals surface area contributed by atoms with E-state index in [2.05, 4.69) is 18.8 Å². The van der Waals surface area contributed by atoms with E-state index < -0.39 is 0 Å². The Balaban J connectivity index is 1.84. The lowest BCUT2D eigenvalue weighted by atomic mass is 10.2. The Bertz CT molecular complexity index is 594. The third-order valence-corrected chi connectivity index (χ3v) is 2.89. The molecule has 2 rings (SSSR count). The van der Waals surface area contributed by atoms with Crippen LogP contribution in [-0.4, -0.2) is 6.79 Å². The van der Waals surface area contributed by atoms with Gasteiger partial charge in [0.2, 0.25) is 0 Å². The number of hydrogen-bond donors (Lipinski definition) is 0. The average molecular weight is 280 g/mol. The van der Waals surface area contributed by atoms with E-state index in [4.69, 9.17) is 9.47 Å². The molecule has 21 heavy (non-hydrogen) atoms. The van der Waals surface area contributed by atoms with Crippen molar-refractivity contribution in [3.05, 3.63) is 65.7 Å². The minimum Gasteiger partial charge on any atom is -0.466 e. The summed E-state index contributed by atoms with van der Waals surface area (Å²) in [7, 11) is 0. The summed E-state index contributed by atoms with van der Waals surface area (Å²) in [6.45, 7) is 2.89. The van der Waals surface area contributed by atoms with Gasteiger partial charge in [-0.3, -0.25) is 0 Å². The number of unbranched alkanes of at least 4 members (excludes halogenated alkanes) is 1. The lowest BCUT2D eigenvalue weighted by molar-refractivity contribution is 0.00490. The summed E-state index contributed by atoms with van der Waals surface area (Å²) in [6, 6.07) is 17.8. The van der Waals surface area contributed by atoms with Gasteiger partial charge in [0.05, 0.1) is 12.2 Å². The van der Waals surface area contributed by atoms with E-state index in [1.54, 1.807) is 0 Å². The standard InChI is InChI=1S/C19H20O2/c1-2-3-5-12-18-13-8-9-14-19(18)21-16-20-15-17-10-6-4-7-11-17/h4,6-11,13-14H,2-3,15-16H2,1H3. The van der Waals surface area contributed by atoms with Crippen LogP contribution in [0.1, 0.15) is 30.9 Å². The van der Waals surface area contributed by atoms with Gasteiger partial charge in [-0.1, -0.05) is 61.2 Å². The van der Waals surface area contributed by atoms with Crippen molar-refractivity contribution in [3.8, 4) is 17.6 Å². The predicted molar refractivity (Wildman–Crippen MR) is 85.0 cm³/mol. The Hall–Kier alpha value is -2.24. The Kier molecular flexibility index (Phi) is 6.38. The molecule has 2 heteroatoms. The van der Waals surface area contributed by atoms with E-state index >= 15 is 0 Å². The molecule has 0 spiro atoms. The third-order valence-electron chi connectivity index (χ3n) is 2.89. The molecule has 0 amide bonds. The van der Waals surface area contributed by atoms with Crippen molar-refractivity contribution >= 4 is 0 Å². The minimum absolute atomic E-state index is 0.224. The number of benzene rings is 2. The van der Waals surface area contributed by atoms with Crippen LogP contribution in [0.4, 0.5) is 0 Å². The van der Waals surface area contributed by atoms with Crippen LogP contribution in [0.15, 0.2) is 54.6 Å². The largest absolute Gasteiger partial charge is 0.466 e. The number of para-hydroxylation sites is 1. The van der Waals surface area contributed by atoms with E-state index in [1.807, 2.05) is 54.6 Å². The fourth-order valence-corrected chi connectivity index (χ4v) is 1.82. The van der Waals surface area contributed by atoms with E-state index in [1.165, 1.54) is 0 Å². The molecule has 0 heterocycles. The van der Waals surface area contributed by atoms with Crippen LogP contribution in [0.2, 0.25) is 0 Å². The zero-order chi connectivity index (χ0) is 14.8. The Labute approximate surface area is 126 Å². The minimum atomic E-state index is 0.224. The van der Waals surface area contributed by atoms with Crippen LogP contribution in [0, 0.1) is 11.8 Å². The fraction of sp³-hybridized carbons (Fsp3) is 0.263. The first-order valence-electron chi connectivity index (χ1n) is 7.22. The molecule has 0 fully saturated rings. The maximum Gasteiger partial charge on any atom is 0.189 e. The van der Waals surface area contributed by atoms with Crippen molar-refractivity contribution < 1.29 is 9.47 Å². The molecule has 2 nitrogen and oxygen atoms in total. The summed E-state index contributed by atoms with van der Waals surface area (Å²) in [4.78, 5) is 0. The highest BCUT2D eigenvalue weighted by Gasteiger charge is 2.00. The van der Waals surface area contributed by atoms with Gasteiger partial charge < -0.3 is 9.47 Å². The second-order valence-electron chi connectivity index (χ2n) is 4.64. The molecule has 0 saturated heterocycles. The highest BCUT2D eigenvalue weighted by Crippen LogP contribution is 2.16. The van der Waals surface area contributed by atoms with Gasteiger partial charge >= 0.3 is 0 Å². The molecular weight excluding hydrogens is 260 g/mol. The van der Waals surface area contributed by atoms with E-state index in [-0.39, 0.29) is 6.79 Å². The second-order valence-corrected chi connectivity index (χ2v) is 4.64. The maximum absolute atomic E-state index is 5.66. The van der Waals surface area contributed by atoms with Crippen LogP contribution in [-0.2, 0) is 11.3 Å². The van der Waals surface area contributed by atoms with Gasteiger partial charge in [0.15, 0.2) is 6.79 Å². The Morgan fingerprint density at radius 3 is 2.52 bits per heavy atom. The van der Waals surface area contributed by atoms with Gasteiger partial charge in [-0.2, -0.15) is 0 Å². The first-order valence-corrected chi connectivity index (χ1v) is 7.22. The first kappa shape index (κ1) is 15.2. The SMILES string of the molecule is CCCC#Cc1ccccc1OCOCc1ccccc1. The summed E-state index contributed by atoms with van der Waals surface area (Å²) >= 11 is 0. The van der Waals surface area contributed by atoms with Gasteiger partial charge in [-0.15, -0.1) is 0 Å². The fourth-order valence-electron chi connectivity index (χ4n) is 1.82. The van der Waals surface area contributed by atoms with Gasteiger partial charge in [0, 0.05) is 6.42 Å². The molecular formula is C19H20O2. The van der Waals surface area contributed by atoms with Crippen LogP contribution in [0.25, 0.3) is 0 Å². The van der Waals surface area contributed by atoms with Crippen molar-refractivity contribution in [1.82, 2.24) is 0 Å². The highest BCUT2D eigenvalue weighted by atomic mass is 16.7. The van der Waals surface area contributed by atoms with Crippen molar-refractivity contribution in [2.45, 2.75) is 26.4 Å². The molecule has 0 aliphatic carbocycles. The summed E-state index contributed by atoms with van der Waals surface area (Å²) in [5, 5.41) is 0. The van der Waals surface area contributed by atoms with Crippen LogP contribution >= 0.6 is 0 Å². The lowest BCUT2D eigenvalue weighted by Gasteiger charge is -2.09. The molecule has 0 saturated carbocycles. The van der Waals surface area contributed by atoms with E-state index in [9.17, 15) is 0 Å². The smallest absolute Gasteiger partial charge is 0.189 e. The zero-order valence-electron chi connectivity index (χ0n) is 12.3. The summed E-state index contributed by atoms with van der Waals surface area (Å²) < 4.78 is 11.2. The van der Waals surface area contributed by atoms with E-state index in [0.717, 1.165) is 29.7 Å². The van der Waals surface area contributed by atoms with Gasteiger partial charge in [-0.05, 0) is 24.1 Å². The molecule has 0 atom stereocenters. The van der Waals surface area contributed by atoms with Gasteiger partial charge in [0.1, 0.15) is 5.75 Å². The lowest BCUT2D eigenvalue weighted by Crippen LogP contribution is -2.04. The summed E-state index contributed by atoms with van der Waals surface area (Å²) in [5.41, 5.74) is 2.05. The first-order chi connectivity index (χ1) is 10.4. The molecule has 0 unspecified atom stereocenters. The van der Waals surface area contributed by atoms with Gasteiger partial charge in [-0.25, -0.2) is 0 Å². The maximum atomic E-state index is 5.66. The molecule has 0 aromatic heterocycles. The van der Waals surface area contributed by atoms with Gasteiger partial charge in [0.25, 0.3) is 0 Å². The van der Waals surface area contributed by atoms with E-state index in [0.29, 0.717) is 6.61 Å². The molecule has 0 N–H and O–H groups in total. The molecule has 0 radical (unpaired) electrons. The predicted octanol–water partition coefficient (Wildman–Crippen LogP) is 4.39. The van der Waals surface area contributed by atoms with Crippen molar-refractivity contribution in [2.24, 2.45) is 0 Å². The topological polar surface area (TPSA) is 18.5 Å². The van der Waals surface area contributed by atoms with Crippen molar-refractivity contribution in [3.63, 3.8) is 0 Å². The molecule has 0 bridgehead atoms. The number of ether oxygens (including phenoxy) is 2. The quantitative estimate of drug-likeness (QED) is 0.444. The van der Waals surface area contributed by atoms with Crippen molar-refractivity contribution in [1.29, 1.82) is 0 Å². The van der Waals surface area contributed by atoms with Crippen LogP contribution in [0.5, 0.6) is 5.75 Å². The Morgan fingerprint density at radius 1 is 0.952 bits per heavy atom.